The van der Waals surface area contributed by atoms with E-state index in [0.29, 0.717) is 57.5 Å². The Kier molecular flexibility index (Phi) is 10.0. The van der Waals surface area contributed by atoms with Crippen LogP contribution in [0.3, 0.4) is 0 Å². The SMILES string of the molecule is CN(C)CC(=O)N1CCN(c2cc(N3CCC[C@@H](C(=O)NCCc4ccc(C(F)(F)F)cc4)C3)nc(C(F)(F)F)n2)CC1. The maximum Gasteiger partial charge on any atom is 0.451 e. The third-order valence-corrected chi connectivity index (χ3v) is 7.47. The Labute approximate surface area is 245 Å². The Balaban J connectivity index is 1.39. The van der Waals surface area contributed by atoms with Crippen LogP contribution >= 0.6 is 0 Å². The fraction of sp³-hybridized carbons (Fsp3) is 0.571. The van der Waals surface area contributed by atoms with Gasteiger partial charge in [0.1, 0.15) is 11.6 Å². The molecule has 0 aliphatic carbocycles. The van der Waals surface area contributed by atoms with Crippen molar-refractivity contribution in [3.63, 3.8) is 0 Å². The number of hydrogen-bond acceptors (Lipinski definition) is 7. The summed E-state index contributed by atoms with van der Waals surface area (Å²) in [5.41, 5.74) is -0.115. The fourth-order valence-electron chi connectivity index (χ4n) is 5.16. The number of aromatic nitrogens is 2. The minimum atomic E-state index is -4.78. The largest absolute Gasteiger partial charge is 0.451 e. The van der Waals surface area contributed by atoms with Crippen molar-refractivity contribution in [2.24, 2.45) is 5.92 Å². The molecule has 2 aliphatic heterocycles. The average Bonchev–Trinajstić information content (AvgIpc) is 2.96. The molecule has 2 aromatic rings. The number of carbonyl (C=O) groups is 2. The third-order valence-electron chi connectivity index (χ3n) is 7.47. The summed E-state index contributed by atoms with van der Waals surface area (Å²) < 4.78 is 79.7. The Morgan fingerprint density at radius 1 is 0.907 bits per heavy atom. The van der Waals surface area contributed by atoms with Crippen molar-refractivity contribution < 1.29 is 35.9 Å². The number of rotatable bonds is 8. The third kappa shape index (κ3) is 8.71. The van der Waals surface area contributed by atoms with Gasteiger partial charge in [0.15, 0.2) is 0 Å². The van der Waals surface area contributed by atoms with Crippen molar-refractivity contribution in [3.8, 4) is 0 Å². The van der Waals surface area contributed by atoms with Crippen LogP contribution in [0.2, 0.25) is 0 Å². The molecule has 1 aromatic carbocycles. The Morgan fingerprint density at radius 3 is 2.12 bits per heavy atom. The van der Waals surface area contributed by atoms with E-state index in [9.17, 15) is 35.9 Å². The predicted octanol–water partition coefficient (Wildman–Crippen LogP) is 3.30. The van der Waals surface area contributed by atoms with Crippen LogP contribution in [0.15, 0.2) is 30.3 Å². The molecule has 3 heterocycles. The average molecular weight is 616 g/mol. The molecule has 0 saturated carbocycles. The number of piperazine rings is 1. The van der Waals surface area contributed by atoms with Crippen LogP contribution in [-0.4, -0.2) is 98.0 Å². The van der Waals surface area contributed by atoms with Crippen molar-refractivity contribution in [1.82, 2.24) is 25.1 Å². The summed E-state index contributed by atoms with van der Waals surface area (Å²) in [4.78, 5) is 39.7. The number of piperidine rings is 1. The van der Waals surface area contributed by atoms with Gasteiger partial charge in [-0.05, 0) is 51.1 Å². The lowest BCUT2D eigenvalue weighted by atomic mass is 9.97. The van der Waals surface area contributed by atoms with E-state index >= 15 is 0 Å². The number of hydrogen-bond donors (Lipinski definition) is 1. The second kappa shape index (κ2) is 13.3. The summed E-state index contributed by atoms with van der Waals surface area (Å²) in [6.07, 6.45) is -7.77. The summed E-state index contributed by atoms with van der Waals surface area (Å²) in [7, 11) is 3.57. The van der Waals surface area contributed by atoms with Crippen LogP contribution < -0.4 is 15.1 Å². The summed E-state index contributed by atoms with van der Waals surface area (Å²) in [5.74, 6) is -1.91. The summed E-state index contributed by atoms with van der Waals surface area (Å²) in [6.45, 7) is 2.36. The second-order valence-corrected chi connectivity index (χ2v) is 11.0. The molecule has 0 unspecified atom stereocenters. The summed E-state index contributed by atoms with van der Waals surface area (Å²) >= 11 is 0. The summed E-state index contributed by atoms with van der Waals surface area (Å²) in [6, 6.07) is 6.21. The molecule has 4 rings (SSSR count). The van der Waals surface area contributed by atoms with Gasteiger partial charge in [-0.15, -0.1) is 0 Å². The Morgan fingerprint density at radius 2 is 1.53 bits per heavy atom. The van der Waals surface area contributed by atoms with Crippen molar-refractivity contribution in [3.05, 3.63) is 47.3 Å². The number of anilines is 2. The van der Waals surface area contributed by atoms with E-state index < -0.39 is 29.7 Å². The Hall–Kier alpha value is -3.62. The second-order valence-electron chi connectivity index (χ2n) is 11.0. The predicted molar refractivity (Wildman–Crippen MR) is 147 cm³/mol. The smallest absolute Gasteiger partial charge is 0.356 e. The maximum atomic E-state index is 13.8. The van der Waals surface area contributed by atoms with E-state index in [4.69, 9.17) is 0 Å². The number of nitrogens with one attached hydrogen (secondary N) is 1. The van der Waals surface area contributed by atoms with Crippen LogP contribution in [0.25, 0.3) is 0 Å². The first-order chi connectivity index (χ1) is 20.2. The standard InChI is InChI=1S/C28H35F6N7O2/c1-38(2)18-24(42)40-14-12-39(13-15-40)22-16-23(37-26(36-22)28(32,33)34)41-11-3-4-20(17-41)25(43)35-10-9-19-5-7-21(8-6-19)27(29,30)31/h5-8,16,20H,3-4,9-15,17-18H2,1-2H3,(H,35,43)/t20-/m1/s1. The van der Waals surface area contributed by atoms with E-state index in [1.54, 1.807) is 33.7 Å². The van der Waals surface area contributed by atoms with E-state index in [-0.39, 0.29) is 43.1 Å². The van der Waals surface area contributed by atoms with Gasteiger partial charge in [-0.2, -0.15) is 26.3 Å². The van der Waals surface area contributed by atoms with Crippen LogP contribution in [0, 0.1) is 5.92 Å². The van der Waals surface area contributed by atoms with Gasteiger partial charge in [0.05, 0.1) is 18.0 Å². The van der Waals surface area contributed by atoms with Gasteiger partial charge in [-0.1, -0.05) is 12.1 Å². The van der Waals surface area contributed by atoms with E-state index in [1.165, 1.54) is 18.2 Å². The molecule has 2 aliphatic rings. The van der Waals surface area contributed by atoms with E-state index in [1.807, 2.05) is 0 Å². The van der Waals surface area contributed by atoms with Crippen molar-refractivity contribution in [2.45, 2.75) is 31.6 Å². The number of benzene rings is 1. The maximum absolute atomic E-state index is 13.8. The lowest BCUT2D eigenvalue weighted by Gasteiger charge is -2.37. The minimum Gasteiger partial charge on any atom is -0.356 e. The van der Waals surface area contributed by atoms with Gasteiger partial charge in [-0.25, -0.2) is 9.97 Å². The number of amides is 2. The van der Waals surface area contributed by atoms with Crippen molar-refractivity contribution in [1.29, 1.82) is 0 Å². The first kappa shape index (κ1) is 32.3. The van der Waals surface area contributed by atoms with Gasteiger partial charge in [0.2, 0.25) is 17.6 Å². The van der Waals surface area contributed by atoms with Crippen LogP contribution in [0.4, 0.5) is 38.0 Å². The molecule has 0 spiro atoms. The molecule has 1 N–H and O–H groups in total. The highest BCUT2D eigenvalue weighted by Gasteiger charge is 2.37. The molecule has 2 saturated heterocycles. The molecule has 43 heavy (non-hydrogen) atoms. The van der Waals surface area contributed by atoms with Gasteiger partial charge < -0.3 is 24.9 Å². The molecular formula is C28H35F6N7O2. The molecule has 236 valence electrons. The van der Waals surface area contributed by atoms with E-state index in [0.717, 1.165) is 12.1 Å². The number of halogens is 6. The summed E-state index contributed by atoms with van der Waals surface area (Å²) in [5, 5.41) is 2.80. The molecule has 2 amide bonds. The molecule has 9 nitrogen and oxygen atoms in total. The molecule has 1 atom stereocenters. The molecule has 0 bridgehead atoms. The van der Waals surface area contributed by atoms with Crippen LogP contribution in [0.1, 0.15) is 29.8 Å². The molecular weight excluding hydrogens is 580 g/mol. The molecule has 15 heteroatoms. The first-order valence-electron chi connectivity index (χ1n) is 14.0. The van der Waals surface area contributed by atoms with Gasteiger partial charge >= 0.3 is 12.4 Å². The minimum absolute atomic E-state index is 0.0546. The van der Waals surface area contributed by atoms with Gasteiger partial charge in [0, 0.05) is 51.9 Å². The van der Waals surface area contributed by atoms with E-state index in [2.05, 4.69) is 15.3 Å². The lowest BCUT2D eigenvalue weighted by Crippen LogP contribution is -2.51. The topological polar surface area (TPSA) is 84.9 Å². The van der Waals surface area contributed by atoms with Crippen molar-refractivity contribution >= 4 is 23.5 Å². The van der Waals surface area contributed by atoms with Crippen molar-refractivity contribution in [2.75, 3.05) is 76.3 Å². The highest BCUT2D eigenvalue weighted by atomic mass is 19.4. The number of carbonyl (C=O) groups excluding carboxylic acids is 2. The lowest BCUT2D eigenvalue weighted by molar-refractivity contribution is -0.145. The fourth-order valence-corrected chi connectivity index (χ4v) is 5.16. The van der Waals surface area contributed by atoms with Gasteiger partial charge in [-0.3, -0.25) is 9.59 Å². The quantitative estimate of drug-likeness (QED) is 0.457. The van der Waals surface area contributed by atoms with Crippen LogP contribution in [-0.2, 0) is 28.4 Å². The highest BCUT2D eigenvalue weighted by Crippen LogP contribution is 2.32. The number of likely N-dealkylation sites (N-methyl/N-ethyl adjacent to an activating group) is 1. The molecule has 2 fully saturated rings. The first-order valence-corrected chi connectivity index (χ1v) is 14.0. The highest BCUT2D eigenvalue weighted by molar-refractivity contribution is 5.79. The Bertz CT molecular complexity index is 1260. The van der Waals surface area contributed by atoms with Crippen LogP contribution in [0.5, 0.6) is 0 Å². The zero-order valence-electron chi connectivity index (χ0n) is 24.0. The molecule has 1 aromatic heterocycles. The zero-order chi connectivity index (χ0) is 31.4. The number of nitrogens with zero attached hydrogens (tertiary/aromatic N) is 6. The van der Waals surface area contributed by atoms with Gasteiger partial charge in [0.25, 0.3) is 0 Å². The zero-order valence-corrected chi connectivity index (χ0v) is 24.0. The normalized spacial score (nSPS) is 18.3. The monoisotopic (exact) mass is 615 g/mol. The number of alkyl halides is 6. The molecule has 0 radical (unpaired) electrons.